The standard InChI is InChI=1S/C18H22N8O2/c1-10(2)7-13(16(20)28)24-18-22-8-12(15(19)27)17(25-18)23-11-3-4-14-21-5-6-26(14)9-11/h3-6,8-10,13H,7H2,1-2H3,(H2,19,27)(H2,20,28)(H2,22,23,24,25)/t13-/m1/s1. The first kappa shape index (κ1) is 19.1. The molecule has 0 saturated heterocycles. The number of nitrogens with one attached hydrogen (secondary N) is 2. The second-order valence-corrected chi connectivity index (χ2v) is 6.78. The minimum Gasteiger partial charge on any atom is -0.368 e. The summed E-state index contributed by atoms with van der Waals surface area (Å²) in [4.78, 5) is 36.0. The Bertz CT molecular complexity index is 1010. The van der Waals surface area contributed by atoms with Crippen LogP contribution in [0.4, 0.5) is 17.5 Å². The Hall–Kier alpha value is -3.69. The van der Waals surface area contributed by atoms with Gasteiger partial charge in [-0.25, -0.2) is 9.97 Å². The van der Waals surface area contributed by atoms with Crippen molar-refractivity contribution < 1.29 is 9.59 Å². The van der Waals surface area contributed by atoms with E-state index in [1.807, 2.05) is 24.3 Å². The molecule has 0 aliphatic rings. The van der Waals surface area contributed by atoms with Crippen LogP contribution in [-0.4, -0.2) is 37.2 Å². The van der Waals surface area contributed by atoms with E-state index in [2.05, 4.69) is 25.6 Å². The lowest BCUT2D eigenvalue weighted by Gasteiger charge is -2.18. The fourth-order valence-corrected chi connectivity index (χ4v) is 2.73. The van der Waals surface area contributed by atoms with E-state index < -0.39 is 17.9 Å². The highest BCUT2D eigenvalue weighted by Crippen LogP contribution is 2.21. The molecule has 0 bridgehead atoms. The van der Waals surface area contributed by atoms with Crippen molar-refractivity contribution in [1.82, 2.24) is 19.4 Å². The van der Waals surface area contributed by atoms with Gasteiger partial charge in [0.15, 0.2) is 0 Å². The lowest BCUT2D eigenvalue weighted by molar-refractivity contribution is -0.119. The monoisotopic (exact) mass is 382 g/mol. The topological polar surface area (TPSA) is 153 Å². The third kappa shape index (κ3) is 4.34. The third-order valence-corrected chi connectivity index (χ3v) is 4.06. The molecular weight excluding hydrogens is 360 g/mol. The minimum atomic E-state index is -0.675. The molecule has 0 radical (unpaired) electrons. The Balaban J connectivity index is 1.90. The SMILES string of the molecule is CC(C)C[C@@H](Nc1ncc(C(N)=O)c(Nc2ccc3nccn3c2)n1)C(N)=O. The number of hydrogen-bond donors (Lipinski definition) is 4. The van der Waals surface area contributed by atoms with Gasteiger partial charge in [-0.3, -0.25) is 9.59 Å². The zero-order valence-electron chi connectivity index (χ0n) is 15.6. The molecule has 0 aromatic carbocycles. The Kier molecular flexibility index (Phi) is 5.39. The minimum absolute atomic E-state index is 0.121. The molecule has 0 fully saturated rings. The van der Waals surface area contributed by atoms with E-state index in [-0.39, 0.29) is 23.2 Å². The molecule has 0 spiro atoms. The van der Waals surface area contributed by atoms with E-state index >= 15 is 0 Å². The summed E-state index contributed by atoms with van der Waals surface area (Å²) in [5.74, 6) is -0.546. The molecule has 0 aliphatic carbocycles. The van der Waals surface area contributed by atoms with Crippen molar-refractivity contribution in [3.63, 3.8) is 0 Å². The summed E-state index contributed by atoms with van der Waals surface area (Å²) in [5, 5.41) is 5.99. The number of amides is 2. The predicted octanol–water partition coefficient (Wildman–Crippen LogP) is 1.28. The normalized spacial score (nSPS) is 12.1. The third-order valence-electron chi connectivity index (χ3n) is 4.06. The highest BCUT2D eigenvalue weighted by atomic mass is 16.1. The van der Waals surface area contributed by atoms with Gasteiger partial charge in [0.05, 0.1) is 5.69 Å². The van der Waals surface area contributed by atoms with Gasteiger partial charge in [-0.15, -0.1) is 0 Å². The Morgan fingerprint density at radius 3 is 2.68 bits per heavy atom. The average Bonchev–Trinajstić information content (AvgIpc) is 3.08. The van der Waals surface area contributed by atoms with Crippen LogP contribution < -0.4 is 22.1 Å². The van der Waals surface area contributed by atoms with E-state index in [1.165, 1.54) is 6.20 Å². The van der Waals surface area contributed by atoms with Crippen LogP contribution in [0.1, 0.15) is 30.6 Å². The lowest BCUT2D eigenvalue weighted by atomic mass is 10.0. The van der Waals surface area contributed by atoms with Gasteiger partial charge < -0.3 is 26.5 Å². The van der Waals surface area contributed by atoms with Crippen LogP contribution in [0.3, 0.4) is 0 Å². The Morgan fingerprint density at radius 2 is 2.00 bits per heavy atom. The Labute approximate surface area is 161 Å². The summed E-state index contributed by atoms with van der Waals surface area (Å²) < 4.78 is 1.82. The van der Waals surface area contributed by atoms with Crippen molar-refractivity contribution in [2.45, 2.75) is 26.3 Å². The number of anilines is 3. The first-order chi connectivity index (χ1) is 13.3. The summed E-state index contributed by atoms with van der Waals surface area (Å²) >= 11 is 0. The maximum absolute atomic E-state index is 11.8. The van der Waals surface area contributed by atoms with Crippen LogP contribution >= 0.6 is 0 Å². The van der Waals surface area contributed by atoms with E-state index in [0.717, 1.165) is 5.65 Å². The molecule has 10 heteroatoms. The fraction of sp³-hybridized carbons (Fsp3) is 0.278. The molecule has 3 rings (SSSR count). The molecule has 3 heterocycles. The number of rotatable bonds is 8. The van der Waals surface area contributed by atoms with Gasteiger partial charge in [-0.05, 0) is 24.5 Å². The molecule has 2 amide bonds. The number of carbonyl (C=O) groups is 2. The zero-order chi connectivity index (χ0) is 20.3. The van der Waals surface area contributed by atoms with Crippen molar-refractivity contribution >= 4 is 34.9 Å². The number of imidazole rings is 1. The second-order valence-electron chi connectivity index (χ2n) is 6.78. The summed E-state index contributed by atoms with van der Waals surface area (Å²) in [6.07, 6.45) is 7.11. The van der Waals surface area contributed by atoms with Crippen molar-refractivity contribution in [1.29, 1.82) is 0 Å². The van der Waals surface area contributed by atoms with Gasteiger partial charge in [0.25, 0.3) is 5.91 Å². The molecule has 0 unspecified atom stereocenters. The largest absolute Gasteiger partial charge is 0.368 e. The van der Waals surface area contributed by atoms with Gasteiger partial charge in [0.2, 0.25) is 11.9 Å². The Morgan fingerprint density at radius 1 is 1.21 bits per heavy atom. The molecule has 6 N–H and O–H groups in total. The summed E-state index contributed by atoms with van der Waals surface area (Å²) in [6, 6.07) is 2.99. The molecule has 28 heavy (non-hydrogen) atoms. The quantitative estimate of drug-likeness (QED) is 0.457. The number of aromatic nitrogens is 4. The van der Waals surface area contributed by atoms with Gasteiger partial charge in [0.1, 0.15) is 23.1 Å². The van der Waals surface area contributed by atoms with Gasteiger partial charge >= 0.3 is 0 Å². The first-order valence-corrected chi connectivity index (χ1v) is 8.76. The molecule has 3 aromatic heterocycles. The highest BCUT2D eigenvalue weighted by molar-refractivity contribution is 5.98. The zero-order valence-corrected chi connectivity index (χ0v) is 15.6. The van der Waals surface area contributed by atoms with Crippen LogP contribution in [0.2, 0.25) is 0 Å². The maximum Gasteiger partial charge on any atom is 0.254 e. The van der Waals surface area contributed by atoms with Crippen LogP contribution in [0.5, 0.6) is 0 Å². The number of nitrogens with two attached hydrogens (primary N) is 2. The molecule has 146 valence electrons. The number of pyridine rings is 1. The van der Waals surface area contributed by atoms with E-state index in [4.69, 9.17) is 11.5 Å². The van der Waals surface area contributed by atoms with Gasteiger partial charge in [-0.2, -0.15) is 4.98 Å². The number of carbonyl (C=O) groups excluding carboxylic acids is 2. The number of nitrogens with zero attached hydrogens (tertiary/aromatic N) is 4. The number of fused-ring (bicyclic) bond motifs is 1. The van der Waals surface area contributed by atoms with Crippen molar-refractivity contribution in [2.24, 2.45) is 17.4 Å². The van der Waals surface area contributed by atoms with Crippen molar-refractivity contribution in [2.75, 3.05) is 10.6 Å². The molecule has 1 atom stereocenters. The maximum atomic E-state index is 11.8. The van der Waals surface area contributed by atoms with Gasteiger partial charge in [0, 0.05) is 24.8 Å². The highest BCUT2D eigenvalue weighted by Gasteiger charge is 2.19. The molecule has 3 aromatic rings. The van der Waals surface area contributed by atoms with E-state index in [0.29, 0.717) is 12.1 Å². The van der Waals surface area contributed by atoms with Crippen LogP contribution in [0.25, 0.3) is 5.65 Å². The summed E-state index contributed by atoms with van der Waals surface area (Å²) in [7, 11) is 0. The molecular formula is C18H22N8O2. The fourth-order valence-electron chi connectivity index (χ4n) is 2.73. The van der Waals surface area contributed by atoms with Crippen LogP contribution in [0.15, 0.2) is 36.9 Å². The van der Waals surface area contributed by atoms with Crippen LogP contribution in [0, 0.1) is 5.92 Å². The smallest absolute Gasteiger partial charge is 0.254 e. The number of hydrogen-bond acceptors (Lipinski definition) is 7. The number of primary amides is 2. The van der Waals surface area contributed by atoms with Crippen molar-refractivity contribution in [3.8, 4) is 0 Å². The molecule has 10 nitrogen and oxygen atoms in total. The molecule has 0 aliphatic heterocycles. The molecule has 0 saturated carbocycles. The van der Waals surface area contributed by atoms with Crippen molar-refractivity contribution in [3.05, 3.63) is 42.5 Å². The lowest BCUT2D eigenvalue weighted by Crippen LogP contribution is -2.37. The van der Waals surface area contributed by atoms with E-state index in [1.54, 1.807) is 24.7 Å². The van der Waals surface area contributed by atoms with E-state index in [9.17, 15) is 9.59 Å². The summed E-state index contributed by atoms with van der Waals surface area (Å²) in [6.45, 7) is 3.96. The average molecular weight is 382 g/mol. The first-order valence-electron chi connectivity index (χ1n) is 8.76. The summed E-state index contributed by atoms with van der Waals surface area (Å²) in [5.41, 5.74) is 12.5. The second kappa shape index (κ2) is 7.91. The van der Waals surface area contributed by atoms with Gasteiger partial charge in [-0.1, -0.05) is 13.8 Å². The predicted molar refractivity (Wildman–Crippen MR) is 105 cm³/mol. The van der Waals surface area contributed by atoms with Crippen LogP contribution in [-0.2, 0) is 4.79 Å².